The zero-order chi connectivity index (χ0) is 17.2. The van der Waals surface area contributed by atoms with Gasteiger partial charge in [0.25, 0.3) is 0 Å². The summed E-state index contributed by atoms with van der Waals surface area (Å²) >= 11 is 5.20. The molecule has 128 valence electrons. The summed E-state index contributed by atoms with van der Waals surface area (Å²) < 4.78 is 2.24. The van der Waals surface area contributed by atoms with E-state index in [0.717, 1.165) is 33.9 Å². The zero-order valence-electron chi connectivity index (χ0n) is 13.5. The van der Waals surface area contributed by atoms with Crippen molar-refractivity contribution >= 4 is 54.3 Å². The zero-order valence-corrected chi connectivity index (χ0v) is 15.9. The molecule has 1 aliphatic heterocycles. The van der Waals surface area contributed by atoms with Crippen molar-refractivity contribution in [3.8, 4) is 0 Å². The highest BCUT2D eigenvalue weighted by atomic mass is 79.9. The molecule has 0 aliphatic carbocycles. The Labute approximate surface area is 158 Å². The minimum Gasteiger partial charge on any atom is -0.345 e. The summed E-state index contributed by atoms with van der Waals surface area (Å²) in [5.41, 5.74) is 1.85. The van der Waals surface area contributed by atoms with Crippen LogP contribution >= 0.6 is 27.3 Å². The first-order valence-corrected chi connectivity index (χ1v) is 9.72. The fraction of sp³-hybridized carbons (Fsp3) is 0.222. The Bertz CT molecular complexity index is 890. The molecule has 0 spiro atoms. The second kappa shape index (κ2) is 7.01. The summed E-state index contributed by atoms with van der Waals surface area (Å²) in [4.78, 5) is 21.2. The number of anilines is 2. The lowest BCUT2D eigenvalue weighted by molar-refractivity contribution is 0.208. The number of amides is 2. The Morgan fingerprint density at radius 2 is 1.84 bits per heavy atom. The van der Waals surface area contributed by atoms with Gasteiger partial charge in [-0.05, 0) is 30.3 Å². The van der Waals surface area contributed by atoms with Gasteiger partial charge in [0.2, 0.25) is 0 Å². The molecule has 0 unspecified atom stereocenters. The second-order valence-corrected chi connectivity index (χ2v) is 7.80. The van der Waals surface area contributed by atoms with Gasteiger partial charge < -0.3 is 15.1 Å². The number of nitrogens with one attached hydrogen (secondary N) is 1. The maximum atomic E-state index is 12.4. The van der Waals surface area contributed by atoms with Gasteiger partial charge in [0.15, 0.2) is 5.13 Å². The SMILES string of the molecule is O=C(Nc1ccccc1)N1CCN(c2nc3ccc(Br)cc3s2)CC1. The second-order valence-electron chi connectivity index (χ2n) is 5.88. The van der Waals surface area contributed by atoms with E-state index in [9.17, 15) is 4.79 Å². The van der Waals surface area contributed by atoms with E-state index in [0.29, 0.717) is 13.1 Å². The molecule has 25 heavy (non-hydrogen) atoms. The van der Waals surface area contributed by atoms with E-state index in [1.165, 1.54) is 4.70 Å². The van der Waals surface area contributed by atoms with Gasteiger partial charge in [0, 0.05) is 36.3 Å². The highest BCUT2D eigenvalue weighted by molar-refractivity contribution is 9.10. The number of nitrogens with zero attached hydrogens (tertiary/aromatic N) is 3. The monoisotopic (exact) mass is 416 g/mol. The smallest absolute Gasteiger partial charge is 0.321 e. The number of halogens is 1. The standard InChI is InChI=1S/C18H17BrN4OS/c19-13-6-7-15-16(12-13)25-18(21-15)23-10-8-22(9-11-23)17(24)20-14-4-2-1-3-5-14/h1-7,12H,8-11H2,(H,20,24). The highest BCUT2D eigenvalue weighted by Gasteiger charge is 2.23. The van der Waals surface area contributed by atoms with E-state index in [2.05, 4.69) is 32.2 Å². The maximum Gasteiger partial charge on any atom is 0.321 e. The van der Waals surface area contributed by atoms with E-state index < -0.39 is 0 Å². The summed E-state index contributed by atoms with van der Waals surface area (Å²) in [7, 11) is 0. The third-order valence-electron chi connectivity index (χ3n) is 4.20. The van der Waals surface area contributed by atoms with Crippen LogP contribution < -0.4 is 10.2 Å². The van der Waals surface area contributed by atoms with E-state index in [1.54, 1.807) is 11.3 Å². The van der Waals surface area contributed by atoms with Crippen LogP contribution in [0.15, 0.2) is 53.0 Å². The number of fused-ring (bicyclic) bond motifs is 1. The minimum atomic E-state index is -0.0425. The Morgan fingerprint density at radius 3 is 2.60 bits per heavy atom. The highest BCUT2D eigenvalue weighted by Crippen LogP contribution is 2.31. The third kappa shape index (κ3) is 3.62. The first-order valence-electron chi connectivity index (χ1n) is 8.11. The molecule has 0 saturated carbocycles. The van der Waals surface area contributed by atoms with Crippen LogP contribution in [0.4, 0.5) is 15.6 Å². The van der Waals surface area contributed by atoms with Gasteiger partial charge in [0.05, 0.1) is 10.2 Å². The Hall–Kier alpha value is -2.12. The summed E-state index contributed by atoms with van der Waals surface area (Å²) in [5, 5.41) is 3.97. The average Bonchev–Trinajstić information content (AvgIpc) is 3.06. The van der Waals surface area contributed by atoms with Gasteiger partial charge in [0.1, 0.15) is 0 Å². The molecule has 1 N–H and O–H groups in total. The predicted molar refractivity (Wildman–Crippen MR) is 107 cm³/mol. The quantitative estimate of drug-likeness (QED) is 0.672. The number of thiazole rings is 1. The molecule has 1 aliphatic rings. The number of carbonyl (C=O) groups excluding carboxylic acids is 1. The van der Waals surface area contributed by atoms with Crippen molar-refractivity contribution in [3.63, 3.8) is 0 Å². The number of hydrogen-bond acceptors (Lipinski definition) is 4. The van der Waals surface area contributed by atoms with Crippen LogP contribution in [0.5, 0.6) is 0 Å². The van der Waals surface area contributed by atoms with Crippen molar-refractivity contribution in [2.45, 2.75) is 0 Å². The number of benzene rings is 2. The van der Waals surface area contributed by atoms with Crippen LogP contribution in [-0.2, 0) is 0 Å². The number of carbonyl (C=O) groups is 1. The van der Waals surface area contributed by atoms with E-state index >= 15 is 0 Å². The van der Waals surface area contributed by atoms with Crippen molar-refractivity contribution in [1.82, 2.24) is 9.88 Å². The lowest BCUT2D eigenvalue weighted by Gasteiger charge is -2.34. The fourth-order valence-corrected chi connectivity index (χ4v) is 4.42. The van der Waals surface area contributed by atoms with Crippen molar-refractivity contribution in [1.29, 1.82) is 0 Å². The number of hydrogen-bond donors (Lipinski definition) is 1. The average molecular weight is 417 g/mol. The lowest BCUT2D eigenvalue weighted by atomic mass is 10.3. The molecule has 2 amide bonds. The minimum absolute atomic E-state index is 0.0425. The molecule has 7 heteroatoms. The topological polar surface area (TPSA) is 48.5 Å². The van der Waals surface area contributed by atoms with Crippen LogP contribution in [0.3, 0.4) is 0 Å². The number of piperazine rings is 1. The predicted octanol–water partition coefficient (Wildman–Crippen LogP) is 4.41. The largest absolute Gasteiger partial charge is 0.345 e. The molecule has 3 aromatic rings. The van der Waals surface area contributed by atoms with Crippen LogP contribution in [-0.4, -0.2) is 42.1 Å². The van der Waals surface area contributed by atoms with Crippen LogP contribution in [0, 0.1) is 0 Å². The molecular weight excluding hydrogens is 400 g/mol. The number of aromatic nitrogens is 1. The number of para-hydroxylation sites is 1. The van der Waals surface area contributed by atoms with Gasteiger partial charge in [-0.2, -0.15) is 0 Å². The molecule has 4 rings (SSSR count). The van der Waals surface area contributed by atoms with Crippen molar-refractivity contribution in [3.05, 3.63) is 53.0 Å². The molecule has 2 aromatic carbocycles. The van der Waals surface area contributed by atoms with Gasteiger partial charge in [-0.1, -0.05) is 45.5 Å². The molecule has 1 fully saturated rings. The van der Waals surface area contributed by atoms with Gasteiger partial charge in [-0.3, -0.25) is 0 Å². The van der Waals surface area contributed by atoms with Crippen molar-refractivity contribution < 1.29 is 4.79 Å². The Morgan fingerprint density at radius 1 is 1.08 bits per heavy atom. The first-order chi connectivity index (χ1) is 12.2. The Kier molecular flexibility index (Phi) is 4.59. The molecule has 0 radical (unpaired) electrons. The molecular formula is C18H17BrN4OS. The van der Waals surface area contributed by atoms with Crippen molar-refractivity contribution in [2.24, 2.45) is 0 Å². The van der Waals surface area contributed by atoms with E-state index in [1.807, 2.05) is 47.4 Å². The fourth-order valence-electron chi connectivity index (χ4n) is 2.85. The number of rotatable bonds is 2. The molecule has 1 aromatic heterocycles. The van der Waals surface area contributed by atoms with Crippen molar-refractivity contribution in [2.75, 3.05) is 36.4 Å². The summed E-state index contributed by atoms with van der Waals surface area (Å²) in [6.07, 6.45) is 0. The number of urea groups is 1. The molecule has 5 nitrogen and oxygen atoms in total. The third-order valence-corrected chi connectivity index (χ3v) is 5.77. The summed E-state index contributed by atoms with van der Waals surface area (Å²) in [5.74, 6) is 0. The summed E-state index contributed by atoms with van der Waals surface area (Å²) in [6.45, 7) is 2.98. The molecule has 0 atom stereocenters. The van der Waals surface area contributed by atoms with E-state index in [4.69, 9.17) is 4.98 Å². The van der Waals surface area contributed by atoms with Gasteiger partial charge in [-0.25, -0.2) is 9.78 Å². The molecule has 0 bridgehead atoms. The first kappa shape index (κ1) is 16.4. The van der Waals surface area contributed by atoms with E-state index in [-0.39, 0.29) is 6.03 Å². The van der Waals surface area contributed by atoms with Gasteiger partial charge in [-0.15, -0.1) is 0 Å². The molecule has 1 saturated heterocycles. The van der Waals surface area contributed by atoms with Crippen LogP contribution in [0.25, 0.3) is 10.2 Å². The normalized spacial score (nSPS) is 14.8. The molecule has 2 heterocycles. The lowest BCUT2D eigenvalue weighted by Crippen LogP contribution is -2.50. The van der Waals surface area contributed by atoms with Crippen LogP contribution in [0.1, 0.15) is 0 Å². The van der Waals surface area contributed by atoms with Gasteiger partial charge >= 0.3 is 6.03 Å². The summed E-state index contributed by atoms with van der Waals surface area (Å²) in [6, 6.07) is 15.7. The maximum absolute atomic E-state index is 12.4. The Balaban J connectivity index is 1.39. The van der Waals surface area contributed by atoms with Crippen LogP contribution in [0.2, 0.25) is 0 Å².